The van der Waals surface area contributed by atoms with E-state index in [1.54, 1.807) is 7.05 Å². The largest absolute Gasteiger partial charge is 0.470 e. The van der Waals surface area contributed by atoms with E-state index in [1.165, 1.54) is 0 Å². The molecule has 0 fully saturated rings. The number of hydrogen-bond acceptors (Lipinski definition) is 5. The molecule has 0 radical (unpaired) electrons. The summed E-state index contributed by atoms with van der Waals surface area (Å²) in [4.78, 5) is 0. The lowest BCUT2D eigenvalue weighted by atomic mass is 10.1. The van der Waals surface area contributed by atoms with Crippen LogP contribution in [-0.4, -0.2) is 35.4 Å². The van der Waals surface area contributed by atoms with Crippen molar-refractivity contribution in [1.82, 2.24) is 16.2 Å². The summed E-state index contributed by atoms with van der Waals surface area (Å²) in [5.74, 6) is 0. The van der Waals surface area contributed by atoms with Crippen LogP contribution in [0, 0.1) is 6.92 Å². The molecule has 0 unspecified atom stereocenters. The number of hydrogen-bond donors (Lipinski definition) is 3. The summed E-state index contributed by atoms with van der Waals surface area (Å²) in [6, 6.07) is 7.95. The van der Waals surface area contributed by atoms with E-state index in [0.717, 1.165) is 11.1 Å². The molecule has 0 aromatic heterocycles. The minimum Gasteiger partial charge on any atom is -0.470 e. The van der Waals surface area contributed by atoms with Crippen LogP contribution in [-0.2, 0) is 4.74 Å². The number of aryl methyl sites for hydroxylation is 1. The molecule has 3 N–H and O–H groups in total. The van der Waals surface area contributed by atoms with Gasteiger partial charge < -0.3 is 10.1 Å². The van der Waals surface area contributed by atoms with Gasteiger partial charge in [-0.05, 0) is 45.2 Å². The first kappa shape index (κ1) is 19.0. The summed E-state index contributed by atoms with van der Waals surface area (Å²) in [6.45, 7) is 6.19. The van der Waals surface area contributed by atoms with Gasteiger partial charge in [0.05, 0.1) is 12.3 Å². The molecule has 0 bridgehead atoms. The Bertz CT molecular complexity index is 611. The fourth-order valence-corrected chi connectivity index (χ4v) is 1.78. The Hall–Kier alpha value is -2.06. The summed E-state index contributed by atoms with van der Waals surface area (Å²) in [5.41, 5.74) is 8.82. The third kappa shape index (κ3) is 6.70. The number of hydrazone groups is 2. The zero-order valence-electron chi connectivity index (χ0n) is 13.6. The molecule has 0 aliphatic heterocycles. The van der Waals surface area contributed by atoms with Gasteiger partial charge in [-0.2, -0.15) is 10.2 Å². The highest BCUT2D eigenvalue weighted by molar-refractivity contribution is 7.80. The fraction of sp³-hybridized carbons (Fsp3) is 0.333. The van der Waals surface area contributed by atoms with E-state index in [9.17, 15) is 0 Å². The van der Waals surface area contributed by atoms with Crippen LogP contribution in [0.5, 0.6) is 0 Å². The number of rotatable bonds is 5. The molecule has 8 heteroatoms. The SMILES string of the molecule is CCOC(=S)N/N=C(C)/C(=N/NC(=S)NC)c1ccc(C)cc1. The first-order chi connectivity index (χ1) is 11.0. The topological polar surface area (TPSA) is 70.0 Å². The highest BCUT2D eigenvalue weighted by Gasteiger charge is 2.09. The van der Waals surface area contributed by atoms with E-state index in [1.807, 2.05) is 45.0 Å². The van der Waals surface area contributed by atoms with Gasteiger partial charge in [0, 0.05) is 12.6 Å². The second-order valence-electron chi connectivity index (χ2n) is 4.55. The second kappa shape index (κ2) is 9.86. The van der Waals surface area contributed by atoms with Gasteiger partial charge in [-0.1, -0.05) is 29.8 Å². The normalized spacial score (nSPS) is 11.7. The first-order valence-corrected chi connectivity index (χ1v) is 7.89. The van der Waals surface area contributed by atoms with Gasteiger partial charge in [0.2, 0.25) is 0 Å². The maximum Gasteiger partial charge on any atom is 0.277 e. The zero-order valence-corrected chi connectivity index (χ0v) is 15.3. The van der Waals surface area contributed by atoms with Crippen LogP contribution in [0.4, 0.5) is 0 Å². The lowest BCUT2D eigenvalue weighted by Crippen LogP contribution is -2.31. The number of nitrogens with one attached hydrogen (secondary N) is 3. The van der Waals surface area contributed by atoms with Crippen molar-refractivity contribution in [1.29, 1.82) is 0 Å². The lowest BCUT2D eigenvalue weighted by Gasteiger charge is -2.10. The van der Waals surface area contributed by atoms with Crippen LogP contribution in [0.3, 0.4) is 0 Å². The predicted octanol–water partition coefficient (Wildman–Crippen LogP) is 2.08. The van der Waals surface area contributed by atoms with E-state index in [0.29, 0.717) is 23.1 Å². The first-order valence-electron chi connectivity index (χ1n) is 7.07. The number of thiocarbonyl (C=S) groups is 2. The lowest BCUT2D eigenvalue weighted by molar-refractivity contribution is 0.321. The Morgan fingerprint density at radius 1 is 1.13 bits per heavy atom. The van der Waals surface area contributed by atoms with Crippen LogP contribution in [0.1, 0.15) is 25.0 Å². The van der Waals surface area contributed by atoms with Gasteiger partial charge in [0.1, 0.15) is 5.71 Å². The molecular weight excluding hydrogens is 330 g/mol. The summed E-state index contributed by atoms with van der Waals surface area (Å²) >= 11 is 10.0. The van der Waals surface area contributed by atoms with Gasteiger partial charge in [0.15, 0.2) is 5.11 Å². The Morgan fingerprint density at radius 2 is 1.78 bits per heavy atom. The van der Waals surface area contributed by atoms with Crippen molar-refractivity contribution in [2.45, 2.75) is 20.8 Å². The predicted molar refractivity (Wildman–Crippen MR) is 103 cm³/mol. The van der Waals surface area contributed by atoms with Gasteiger partial charge in [-0.15, -0.1) is 0 Å². The Labute approximate surface area is 147 Å². The van der Waals surface area contributed by atoms with E-state index < -0.39 is 0 Å². The molecule has 0 atom stereocenters. The smallest absolute Gasteiger partial charge is 0.277 e. The van der Waals surface area contributed by atoms with Crippen molar-refractivity contribution < 1.29 is 4.74 Å². The van der Waals surface area contributed by atoms with E-state index in [4.69, 9.17) is 29.2 Å². The summed E-state index contributed by atoms with van der Waals surface area (Å²) < 4.78 is 5.14. The van der Waals surface area contributed by atoms with Gasteiger partial charge in [-0.25, -0.2) is 5.43 Å². The Kier molecular flexibility index (Phi) is 8.14. The molecular formula is C15H21N5OS2. The van der Waals surface area contributed by atoms with Gasteiger partial charge in [-0.3, -0.25) is 5.43 Å². The molecule has 0 saturated heterocycles. The standard InChI is InChI=1S/C15H21N5OS2/c1-5-21-15(23)20-17-11(3)13(18-19-14(22)16-4)12-8-6-10(2)7-9-12/h6-9H,5H2,1-4H3,(H,20,23)(H2,16,19,22)/b17-11+,18-13-. The third-order valence-corrected chi connectivity index (χ3v) is 3.26. The van der Waals surface area contributed by atoms with Crippen molar-refractivity contribution in [3.05, 3.63) is 35.4 Å². The van der Waals surface area contributed by atoms with Crippen LogP contribution in [0.15, 0.2) is 34.5 Å². The summed E-state index contributed by atoms with van der Waals surface area (Å²) in [6.07, 6.45) is 0. The highest BCUT2D eigenvalue weighted by atomic mass is 32.1. The maximum atomic E-state index is 5.14. The fourth-order valence-electron chi connectivity index (χ4n) is 1.57. The number of nitrogens with zero attached hydrogens (tertiary/aromatic N) is 2. The van der Waals surface area contributed by atoms with Crippen molar-refractivity contribution in [3.63, 3.8) is 0 Å². The zero-order chi connectivity index (χ0) is 17.2. The number of benzene rings is 1. The molecule has 23 heavy (non-hydrogen) atoms. The van der Waals surface area contributed by atoms with Crippen molar-refractivity contribution in [2.24, 2.45) is 10.2 Å². The van der Waals surface area contributed by atoms with Crippen molar-refractivity contribution >= 4 is 46.1 Å². The maximum absolute atomic E-state index is 5.14. The third-order valence-electron chi connectivity index (χ3n) is 2.75. The Morgan fingerprint density at radius 3 is 2.35 bits per heavy atom. The van der Waals surface area contributed by atoms with Crippen molar-refractivity contribution in [2.75, 3.05) is 13.7 Å². The molecule has 0 saturated carbocycles. The van der Waals surface area contributed by atoms with Gasteiger partial charge in [0.25, 0.3) is 5.17 Å². The highest BCUT2D eigenvalue weighted by Crippen LogP contribution is 2.06. The average Bonchev–Trinajstić information content (AvgIpc) is 2.54. The van der Waals surface area contributed by atoms with Crippen LogP contribution >= 0.6 is 24.4 Å². The monoisotopic (exact) mass is 351 g/mol. The molecule has 124 valence electrons. The Balaban J connectivity index is 3.03. The summed E-state index contributed by atoms with van der Waals surface area (Å²) in [5, 5.41) is 12.0. The second-order valence-corrected chi connectivity index (χ2v) is 5.33. The molecule has 1 rings (SSSR count). The molecule has 0 aliphatic carbocycles. The quantitative estimate of drug-likeness (QED) is 0.429. The number of ether oxygens (including phenoxy) is 1. The van der Waals surface area contributed by atoms with Crippen LogP contribution < -0.4 is 16.2 Å². The van der Waals surface area contributed by atoms with Crippen LogP contribution in [0.2, 0.25) is 0 Å². The molecule has 0 spiro atoms. The molecule has 0 heterocycles. The minimum absolute atomic E-state index is 0.216. The van der Waals surface area contributed by atoms with E-state index in [2.05, 4.69) is 26.4 Å². The van der Waals surface area contributed by atoms with E-state index in [-0.39, 0.29) is 5.17 Å². The average molecular weight is 352 g/mol. The molecule has 6 nitrogen and oxygen atoms in total. The molecule has 0 aliphatic rings. The molecule has 1 aromatic carbocycles. The van der Waals surface area contributed by atoms with Crippen molar-refractivity contribution in [3.8, 4) is 0 Å². The minimum atomic E-state index is 0.216. The summed E-state index contributed by atoms with van der Waals surface area (Å²) in [7, 11) is 1.72. The van der Waals surface area contributed by atoms with E-state index >= 15 is 0 Å². The molecule has 1 aromatic rings. The molecule has 0 amide bonds. The van der Waals surface area contributed by atoms with Gasteiger partial charge >= 0.3 is 0 Å². The van der Waals surface area contributed by atoms with Crippen LogP contribution in [0.25, 0.3) is 0 Å².